The van der Waals surface area contributed by atoms with Gasteiger partial charge in [-0.3, -0.25) is 9.59 Å². The second-order valence-electron chi connectivity index (χ2n) is 5.62. The molecule has 0 saturated carbocycles. The summed E-state index contributed by atoms with van der Waals surface area (Å²) in [6.07, 6.45) is 0. The topological polar surface area (TPSA) is 105 Å². The molecule has 0 spiro atoms. The van der Waals surface area contributed by atoms with Gasteiger partial charge in [-0.1, -0.05) is 29.3 Å². The Morgan fingerprint density at radius 2 is 1.86 bits per heavy atom. The van der Waals surface area contributed by atoms with E-state index in [9.17, 15) is 14.7 Å². The molecule has 0 aliphatic heterocycles. The monoisotopic (exact) mass is 453 g/mol. The molecule has 0 radical (unpaired) electrons. The summed E-state index contributed by atoms with van der Waals surface area (Å²) in [5, 5.41) is 17.1. The maximum atomic E-state index is 12.2. The molecule has 2 amide bonds. The summed E-state index contributed by atoms with van der Waals surface area (Å²) in [5.41, 5.74) is 9.20. The van der Waals surface area contributed by atoms with Crippen molar-refractivity contribution >= 4 is 63.4 Å². The number of amides is 2. The molecule has 4 N–H and O–H groups in total. The van der Waals surface area contributed by atoms with Gasteiger partial charge in [-0.25, -0.2) is 5.43 Å². The molecule has 0 aliphatic rings. The van der Waals surface area contributed by atoms with Gasteiger partial charge in [-0.15, -0.1) is 22.7 Å². The maximum absolute atomic E-state index is 12.2. The molecule has 0 unspecified atom stereocenters. The first kappa shape index (κ1) is 20.3. The van der Waals surface area contributed by atoms with Crippen molar-refractivity contribution < 1.29 is 14.7 Å². The molecule has 6 nitrogen and oxygen atoms in total. The van der Waals surface area contributed by atoms with Crippen molar-refractivity contribution in [2.45, 2.75) is 6.92 Å². The number of rotatable bonds is 5. The molecule has 2 heterocycles. The summed E-state index contributed by atoms with van der Waals surface area (Å²) >= 11 is 14.3. The lowest BCUT2D eigenvalue weighted by atomic mass is 10.1. The zero-order valence-corrected chi connectivity index (χ0v) is 17.5. The molecule has 1 aromatic carbocycles. The van der Waals surface area contributed by atoms with Crippen LogP contribution in [0.5, 0.6) is 5.75 Å². The fourth-order valence-electron chi connectivity index (χ4n) is 2.29. The van der Waals surface area contributed by atoms with Crippen LogP contribution >= 0.6 is 45.9 Å². The van der Waals surface area contributed by atoms with Crippen molar-refractivity contribution in [3.05, 3.63) is 61.1 Å². The van der Waals surface area contributed by atoms with Crippen LogP contribution in [0.15, 0.2) is 40.8 Å². The number of hydrogen-bond acceptors (Lipinski definition) is 6. The highest BCUT2D eigenvalue weighted by Crippen LogP contribution is 2.40. The normalized spacial score (nSPS) is 11.5. The van der Waals surface area contributed by atoms with Crippen LogP contribution in [0.25, 0.3) is 10.4 Å². The largest absolute Gasteiger partial charge is 0.506 e. The van der Waals surface area contributed by atoms with E-state index in [2.05, 4.69) is 10.5 Å². The van der Waals surface area contributed by atoms with Crippen LogP contribution < -0.4 is 11.2 Å². The Morgan fingerprint density at radius 3 is 2.50 bits per heavy atom. The molecule has 0 saturated heterocycles. The summed E-state index contributed by atoms with van der Waals surface area (Å²) in [6.45, 7) is 1.66. The van der Waals surface area contributed by atoms with Crippen molar-refractivity contribution in [1.82, 2.24) is 5.43 Å². The van der Waals surface area contributed by atoms with Crippen LogP contribution in [0.2, 0.25) is 10.0 Å². The van der Waals surface area contributed by atoms with E-state index in [-0.39, 0.29) is 10.6 Å². The minimum absolute atomic E-state index is 0.0334. The predicted octanol–water partition coefficient (Wildman–Crippen LogP) is 4.74. The molecule has 144 valence electrons. The molecule has 3 aromatic rings. The highest BCUT2D eigenvalue weighted by Gasteiger charge is 2.16. The standard InChI is InChI=1S/C18H13Cl2N3O3S2/c1-8(22-23-18(26)14-5-4-13(28-14)17(21)25)10-7-27-16(15(10)24)9-2-3-11(19)12(20)6-9/h2-7,24H,1H3,(H2,21,25)(H,23,26). The number of carbonyl (C=O) groups is 2. The van der Waals surface area contributed by atoms with Crippen LogP contribution in [0.1, 0.15) is 31.8 Å². The molecule has 28 heavy (non-hydrogen) atoms. The third-order valence-corrected chi connectivity index (χ3v) is 6.59. The third kappa shape index (κ3) is 4.20. The smallest absolute Gasteiger partial charge is 0.281 e. The average Bonchev–Trinajstić information content (AvgIpc) is 3.29. The summed E-state index contributed by atoms with van der Waals surface area (Å²) in [4.78, 5) is 24.5. The van der Waals surface area contributed by atoms with Gasteiger partial charge in [0.2, 0.25) is 0 Å². The number of aromatic hydroxyl groups is 1. The zero-order valence-electron chi connectivity index (χ0n) is 14.3. The first-order valence-corrected chi connectivity index (χ1v) is 10.2. The predicted molar refractivity (Wildman–Crippen MR) is 114 cm³/mol. The summed E-state index contributed by atoms with van der Waals surface area (Å²) in [7, 11) is 0. The van der Waals surface area contributed by atoms with E-state index in [0.717, 1.165) is 16.9 Å². The number of nitrogens with zero attached hydrogens (tertiary/aromatic N) is 1. The Balaban J connectivity index is 1.79. The Hall–Kier alpha value is -2.39. The van der Waals surface area contributed by atoms with Crippen molar-refractivity contribution in [2.24, 2.45) is 10.8 Å². The van der Waals surface area contributed by atoms with Crippen molar-refractivity contribution in [3.8, 4) is 16.2 Å². The molecule has 0 atom stereocenters. The highest BCUT2D eigenvalue weighted by atomic mass is 35.5. The molecule has 0 fully saturated rings. The molecule has 0 bridgehead atoms. The van der Waals surface area contributed by atoms with E-state index in [4.69, 9.17) is 28.9 Å². The van der Waals surface area contributed by atoms with Crippen molar-refractivity contribution in [1.29, 1.82) is 0 Å². The number of thiophene rings is 2. The molecule has 0 aliphatic carbocycles. The Bertz CT molecular complexity index is 1110. The van der Waals surface area contributed by atoms with E-state index in [0.29, 0.717) is 31.1 Å². The number of primary amides is 1. The number of nitrogens with one attached hydrogen (secondary N) is 1. The lowest BCUT2D eigenvalue weighted by Gasteiger charge is -2.04. The second kappa shape index (κ2) is 8.32. The van der Waals surface area contributed by atoms with E-state index in [1.54, 1.807) is 30.5 Å². The van der Waals surface area contributed by atoms with Crippen LogP contribution in [0.4, 0.5) is 0 Å². The van der Waals surface area contributed by atoms with Gasteiger partial charge in [0.15, 0.2) is 0 Å². The lowest BCUT2D eigenvalue weighted by Crippen LogP contribution is -2.18. The van der Waals surface area contributed by atoms with Crippen molar-refractivity contribution in [2.75, 3.05) is 0 Å². The first-order valence-electron chi connectivity index (χ1n) is 7.78. The molecular formula is C18H13Cl2N3O3S2. The quantitative estimate of drug-likeness (QED) is 0.383. The molecule has 10 heteroatoms. The SMILES string of the molecule is CC(=NNC(=O)c1ccc(C(N)=O)s1)c1csc(-c2ccc(Cl)c(Cl)c2)c1O. The summed E-state index contributed by atoms with van der Waals surface area (Å²) < 4.78 is 0. The van der Waals surface area contributed by atoms with E-state index < -0.39 is 11.8 Å². The van der Waals surface area contributed by atoms with Gasteiger partial charge in [0.05, 0.1) is 36.0 Å². The number of hydrogen-bond donors (Lipinski definition) is 3. The number of carbonyl (C=O) groups excluding carboxylic acids is 2. The number of nitrogens with two attached hydrogens (primary N) is 1. The van der Waals surface area contributed by atoms with E-state index >= 15 is 0 Å². The minimum Gasteiger partial charge on any atom is -0.506 e. The van der Waals surface area contributed by atoms with Crippen LogP contribution in [-0.4, -0.2) is 22.6 Å². The highest BCUT2D eigenvalue weighted by molar-refractivity contribution is 7.16. The van der Waals surface area contributed by atoms with Crippen LogP contribution in [0.3, 0.4) is 0 Å². The number of hydrazone groups is 1. The Labute approximate surface area is 178 Å². The van der Waals surface area contributed by atoms with E-state index in [1.165, 1.54) is 23.5 Å². The van der Waals surface area contributed by atoms with E-state index in [1.807, 2.05) is 0 Å². The van der Waals surface area contributed by atoms with Crippen molar-refractivity contribution in [3.63, 3.8) is 0 Å². The average molecular weight is 454 g/mol. The molecule has 2 aromatic heterocycles. The first-order chi connectivity index (χ1) is 13.3. The Kier molecular flexibility index (Phi) is 6.04. The fourth-order valence-corrected chi connectivity index (χ4v) is 4.34. The van der Waals surface area contributed by atoms with Gasteiger partial charge in [0.1, 0.15) is 5.75 Å². The van der Waals surface area contributed by atoms with Gasteiger partial charge in [0.25, 0.3) is 11.8 Å². The minimum atomic E-state index is -0.596. The second-order valence-corrected chi connectivity index (χ2v) is 8.40. The number of halogens is 2. The van der Waals surface area contributed by atoms with Gasteiger partial charge in [-0.2, -0.15) is 5.10 Å². The van der Waals surface area contributed by atoms with Gasteiger partial charge in [-0.05, 0) is 36.8 Å². The Morgan fingerprint density at radius 1 is 1.14 bits per heavy atom. The van der Waals surface area contributed by atoms with Crippen LogP contribution in [0, 0.1) is 0 Å². The zero-order chi connectivity index (χ0) is 20.4. The van der Waals surface area contributed by atoms with Gasteiger partial charge in [0, 0.05) is 5.38 Å². The third-order valence-electron chi connectivity index (χ3n) is 3.73. The fraction of sp³-hybridized carbons (Fsp3) is 0.0556. The lowest BCUT2D eigenvalue weighted by molar-refractivity contribution is 0.0958. The van der Waals surface area contributed by atoms with Crippen LogP contribution in [-0.2, 0) is 0 Å². The molecular weight excluding hydrogens is 441 g/mol. The number of benzene rings is 1. The van der Waals surface area contributed by atoms with Gasteiger partial charge >= 0.3 is 0 Å². The summed E-state index contributed by atoms with van der Waals surface area (Å²) in [6, 6.07) is 8.05. The maximum Gasteiger partial charge on any atom is 0.281 e. The van der Waals surface area contributed by atoms with Gasteiger partial charge < -0.3 is 10.8 Å². The molecule has 3 rings (SSSR count). The summed E-state index contributed by atoms with van der Waals surface area (Å²) in [5.74, 6) is -1.04.